The number of hydrogen-bond donors (Lipinski definition) is 4. The number of rotatable bonds is 31. The predicted octanol–water partition coefficient (Wildman–Crippen LogP) is 8.76. The van der Waals surface area contributed by atoms with Gasteiger partial charge in [-0.05, 0) is 12.8 Å². The molecule has 0 aromatic carbocycles. The van der Waals surface area contributed by atoms with Crippen LogP contribution in [0.2, 0.25) is 0 Å². The summed E-state index contributed by atoms with van der Waals surface area (Å²) >= 11 is 0. The second-order valence-corrected chi connectivity index (χ2v) is 12.1. The summed E-state index contributed by atoms with van der Waals surface area (Å²) in [5, 5.41) is 33.0. The van der Waals surface area contributed by atoms with Crippen LogP contribution in [0.5, 0.6) is 0 Å². The molecule has 39 heavy (non-hydrogen) atoms. The zero-order valence-electron chi connectivity index (χ0n) is 26.3. The molecule has 5 nitrogen and oxygen atoms in total. The number of amides is 1. The summed E-state index contributed by atoms with van der Waals surface area (Å²) < 4.78 is 0. The first-order chi connectivity index (χ1) is 19.1. The van der Waals surface area contributed by atoms with Gasteiger partial charge in [0.2, 0.25) is 5.91 Å². The van der Waals surface area contributed by atoms with Crippen LogP contribution in [0.1, 0.15) is 187 Å². The quantitative estimate of drug-likeness (QED) is 0.0644. The number of aliphatic hydroxyl groups is 3. The van der Waals surface area contributed by atoms with E-state index in [9.17, 15) is 20.1 Å². The molecule has 0 bridgehead atoms. The normalized spacial score (nSPS) is 13.9. The topological polar surface area (TPSA) is 89.8 Å². The number of hydrogen-bond acceptors (Lipinski definition) is 4. The lowest BCUT2D eigenvalue weighted by atomic mass is 10.0. The summed E-state index contributed by atoms with van der Waals surface area (Å²) in [5.41, 5.74) is 0. The molecule has 0 unspecified atom stereocenters. The van der Waals surface area contributed by atoms with E-state index in [1.54, 1.807) is 0 Å². The molecule has 0 fully saturated rings. The maximum absolute atomic E-state index is 12.4. The monoisotopic (exact) mass is 556 g/mol. The average Bonchev–Trinajstić information content (AvgIpc) is 2.94. The van der Waals surface area contributed by atoms with Crippen LogP contribution in [0.4, 0.5) is 0 Å². The average molecular weight is 556 g/mol. The molecule has 0 aromatic heterocycles. The molecule has 5 heteroatoms. The highest BCUT2D eigenvalue weighted by molar-refractivity contribution is 5.80. The van der Waals surface area contributed by atoms with E-state index in [4.69, 9.17) is 0 Å². The van der Waals surface area contributed by atoms with E-state index in [-0.39, 0.29) is 6.61 Å². The molecule has 0 rings (SSSR count). The van der Waals surface area contributed by atoms with Crippen LogP contribution in [0.3, 0.4) is 0 Å². The first-order valence-electron chi connectivity index (χ1n) is 17.3. The summed E-state index contributed by atoms with van der Waals surface area (Å²) in [6.45, 7) is 4.21. The SMILES string of the molecule is CCCCCCCCCCCCCCC[C@@H](O)[C@H](CO)NC(=O)[C@@H](O)CCCCCCCCCCCCCC. The number of carbonyl (C=O) groups excluding carboxylic acids is 1. The zero-order valence-corrected chi connectivity index (χ0v) is 26.3. The molecule has 3 atom stereocenters. The third kappa shape index (κ3) is 26.0. The van der Waals surface area contributed by atoms with Gasteiger partial charge >= 0.3 is 0 Å². The van der Waals surface area contributed by atoms with Crippen molar-refractivity contribution in [1.29, 1.82) is 0 Å². The Kier molecular flexibility index (Phi) is 29.8. The standard InChI is InChI=1S/C34H69NO4/c1-3-5-7-9-11-13-15-17-19-20-22-24-26-28-32(37)31(30-36)35-34(39)33(38)29-27-25-23-21-18-16-14-12-10-8-6-4-2/h31-33,36-38H,3-30H2,1-2H3,(H,35,39)/t31-,32+,33-/m0/s1. The van der Waals surface area contributed by atoms with Gasteiger partial charge in [0.15, 0.2) is 0 Å². The molecule has 0 radical (unpaired) electrons. The van der Waals surface area contributed by atoms with Crippen LogP contribution in [0.25, 0.3) is 0 Å². The Hall–Kier alpha value is -0.650. The third-order valence-electron chi connectivity index (χ3n) is 8.23. The third-order valence-corrected chi connectivity index (χ3v) is 8.23. The summed E-state index contributed by atoms with van der Waals surface area (Å²) in [5.74, 6) is -0.471. The van der Waals surface area contributed by atoms with Crippen molar-refractivity contribution >= 4 is 5.91 Å². The minimum Gasteiger partial charge on any atom is -0.394 e. The fraction of sp³-hybridized carbons (Fsp3) is 0.971. The van der Waals surface area contributed by atoms with Gasteiger partial charge in [-0.1, -0.05) is 174 Å². The minimum absolute atomic E-state index is 0.309. The van der Waals surface area contributed by atoms with Crippen LogP contribution in [0, 0.1) is 0 Å². The molecule has 0 aliphatic rings. The Morgan fingerprint density at radius 2 is 0.821 bits per heavy atom. The van der Waals surface area contributed by atoms with Crippen molar-refractivity contribution in [3.05, 3.63) is 0 Å². The van der Waals surface area contributed by atoms with Gasteiger partial charge in [0.05, 0.1) is 18.8 Å². The fourth-order valence-corrected chi connectivity index (χ4v) is 5.42. The summed E-state index contributed by atoms with van der Waals surface area (Å²) in [7, 11) is 0. The number of nitrogens with one attached hydrogen (secondary N) is 1. The Morgan fingerprint density at radius 3 is 1.15 bits per heavy atom. The van der Waals surface area contributed by atoms with Crippen molar-refractivity contribution in [2.45, 2.75) is 205 Å². The highest BCUT2D eigenvalue weighted by Gasteiger charge is 2.23. The van der Waals surface area contributed by atoms with Crippen LogP contribution in [-0.2, 0) is 4.79 Å². The molecule has 0 aliphatic heterocycles. The van der Waals surface area contributed by atoms with E-state index in [0.29, 0.717) is 12.8 Å². The first-order valence-corrected chi connectivity index (χ1v) is 17.3. The smallest absolute Gasteiger partial charge is 0.249 e. The highest BCUT2D eigenvalue weighted by atomic mass is 16.3. The van der Waals surface area contributed by atoms with Crippen LogP contribution in [-0.4, -0.2) is 46.1 Å². The number of carbonyl (C=O) groups is 1. The molecule has 0 spiro atoms. The minimum atomic E-state index is -1.06. The Morgan fingerprint density at radius 1 is 0.513 bits per heavy atom. The molecule has 0 aliphatic carbocycles. The lowest BCUT2D eigenvalue weighted by Gasteiger charge is -2.23. The van der Waals surface area contributed by atoms with Gasteiger partial charge < -0.3 is 20.6 Å². The van der Waals surface area contributed by atoms with Crippen molar-refractivity contribution < 1.29 is 20.1 Å². The van der Waals surface area contributed by atoms with E-state index in [0.717, 1.165) is 32.1 Å². The second kappa shape index (κ2) is 30.3. The molecule has 0 heterocycles. The first kappa shape index (κ1) is 38.4. The Labute approximate surface area is 243 Å². The molecule has 234 valence electrons. The summed E-state index contributed by atoms with van der Waals surface area (Å²) in [4.78, 5) is 12.4. The van der Waals surface area contributed by atoms with Crippen molar-refractivity contribution in [3.8, 4) is 0 Å². The maximum Gasteiger partial charge on any atom is 0.249 e. The largest absolute Gasteiger partial charge is 0.394 e. The molecular formula is C34H69NO4. The van der Waals surface area contributed by atoms with E-state index in [2.05, 4.69) is 19.2 Å². The molecule has 0 saturated carbocycles. The van der Waals surface area contributed by atoms with E-state index in [1.165, 1.54) is 128 Å². The van der Waals surface area contributed by atoms with E-state index < -0.39 is 24.2 Å². The van der Waals surface area contributed by atoms with Gasteiger partial charge in [-0.25, -0.2) is 0 Å². The van der Waals surface area contributed by atoms with Crippen molar-refractivity contribution in [2.75, 3.05) is 6.61 Å². The van der Waals surface area contributed by atoms with E-state index >= 15 is 0 Å². The van der Waals surface area contributed by atoms with Gasteiger partial charge in [-0.3, -0.25) is 4.79 Å². The van der Waals surface area contributed by atoms with E-state index in [1.807, 2.05) is 0 Å². The Bertz CT molecular complexity index is 502. The highest BCUT2D eigenvalue weighted by Crippen LogP contribution is 2.15. The van der Waals surface area contributed by atoms with Crippen molar-refractivity contribution in [1.82, 2.24) is 5.32 Å². The second-order valence-electron chi connectivity index (χ2n) is 12.1. The van der Waals surface area contributed by atoms with Gasteiger partial charge in [-0.2, -0.15) is 0 Å². The van der Waals surface area contributed by atoms with Crippen LogP contribution < -0.4 is 5.32 Å². The molecule has 0 saturated heterocycles. The lowest BCUT2D eigenvalue weighted by Crippen LogP contribution is -2.49. The zero-order chi connectivity index (χ0) is 28.8. The molecule has 1 amide bonds. The van der Waals surface area contributed by atoms with Gasteiger partial charge in [-0.15, -0.1) is 0 Å². The van der Waals surface area contributed by atoms with Gasteiger partial charge in [0.1, 0.15) is 6.10 Å². The maximum atomic E-state index is 12.4. The van der Waals surface area contributed by atoms with Crippen molar-refractivity contribution in [3.63, 3.8) is 0 Å². The van der Waals surface area contributed by atoms with Crippen molar-refractivity contribution in [2.24, 2.45) is 0 Å². The molecular weight excluding hydrogens is 486 g/mol. The Balaban J connectivity index is 3.69. The van der Waals surface area contributed by atoms with Gasteiger partial charge in [0.25, 0.3) is 0 Å². The fourth-order valence-electron chi connectivity index (χ4n) is 5.42. The summed E-state index contributed by atoms with van der Waals surface area (Å²) in [6, 6.07) is -0.702. The number of unbranched alkanes of at least 4 members (excludes halogenated alkanes) is 23. The van der Waals surface area contributed by atoms with Gasteiger partial charge in [0, 0.05) is 0 Å². The predicted molar refractivity (Wildman–Crippen MR) is 167 cm³/mol. The molecule has 0 aromatic rings. The van der Waals surface area contributed by atoms with Crippen LogP contribution >= 0.6 is 0 Å². The number of aliphatic hydroxyl groups excluding tert-OH is 3. The lowest BCUT2D eigenvalue weighted by molar-refractivity contribution is -0.131. The van der Waals surface area contributed by atoms with Crippen LogP contribution in [0.15, 0.2) is 0 Å². The molecule has 4 N–H and O–H groups in total. The summed E-state index contributed by atoms with van der Waals surface area (Å²) in [6.07, 6.45) is 30.8.